The lowest BCUT2D eigenvalue weighted by Gasteiger charge is -2.36. The van der Waals surface area contributed by atoms with Gasteiger partial charge >= 0.3 is 6.03 Å². The first-order valence-electron chi connectivity index (χ1n) is 7.82. The Bertz CT molecular complexity index is 727. The smallest absolute Gasteiger partial charge is 0.321 e. The fraction of sp³-hybridized carbons (Fsp3) is 0.294. The number of pyridine rings is 1. The van der Waals surface area contributed by atoms with Gasteiger partial charge in [-0.3, -0.25) is 4.98 Å². The molecule has 6 nitrogen and oxygen atoms in total. The van der Waals surface area contributed by atoms with Crippen molar-refractivity contribution in [3.63, 3.8) is 0 Å². The third-order valence-corrected chi connectivity index (χ3v) is 4.05. The van der Waals surface area contributed by atoms with Crippen molar-refractivity contribution in [2.45, 2.75) is 0 Å². The molecule has 0 radical (unpaired) electrons. The minimum absolute atomic E-state index is 0.0531. The first-order chi connectivity index (χ1) is 12.1. The van der Waals surface area contributed by atoms with Crippen LogP contribution in [0.1, 0.15) is 0 Å². The zero-order valence-corrected chi connectivity index (χ0v) is 13.7. The lowest BCUT2D eigenvalue weighted by molar-refractivity contribution is 0.208. The summed E-state index contributed by atoms with van der Waals surface area (Å²) < 4.78 is 32.0. The van der Waals surface area contributed by atoms with Crippen molar-refractivity contribution in [2.24, 2.45) is 0 Å². The highest BCUT2D eigenvalue weighted by Gasteiger charge is 2.22. The van der Waals surface area contributed by atoms with Crippen molar-refractivity contribution < 1.29 is 18.3 Å². The summed E-state index contributed by atoms with van der Waals surface area (Å²) in [6.45, 7) is 2.36. The molecule has 1 fully saturated rings. The van der Waals surface area contributed by atoms with Crippen molar-refractivity contribution in [3.05, 3.63) is 48.3 Å². The molecule has 8 heteroatoms. The van der Waals surface area contributed by atoms with Crippen LogP contribution in [0, 0.1) is 11.6 Å². The summed E-state index contributed by atoms with van der Waals surface area (Å²) in [6, 6.07) is 5.51. The number of methoxy groups -OCH3 is 1. The molecule has 2 heterocycles. The maximum Gasteiger partial charge on any atom is 0.321 e. The quantitative estimate of drug-likeness (QED) is 0.927. The van der Waals surface area contributed by atoms with Gasteiger partial charge in [-0.15, -0.1) is 0 Å². The molecule has 2 aromatic rings. The van der Waals surface area contributed by atoms with E-state index in [4.69, 9.17) is 0 Å². The largest absolute Gasteiger partial charge is 0.491 e. The predicted octanol–water partition coefficient (Wildman–Crippen LogP) is 2.72. The molecule has 25 heavy (non-hydrogen) atoms. The first kappa shape index (κ1) is 16.9. The minimum atomic E-state index is -0.861. The molecule has 0 bridgehead atoms. The fourth-order valence-corrected chi connectivity index (χ4v) is 2.75. The number of piperazine rings is 1. The van der Waals surface area contributed by atoms with Crippen LogP contribution < -0.4 is 15.0 Å². The number of nitrogens with one attached hydrogen (secondary N) is 1. The number of hydrogen-bond donors (Lipinski definition) is 1. The van der Waals surface area contributed by atoms with Crippen molar-refractivity contribution >= 4 is 17.4 Å². The Kier molecular flexibility index (Phi) is 4.97. The molecule has 0 spiro atoms. The zero-order chi connectivity index (χ0) is 17.8. The normalized spacial score (nSPS) is 14.4. The second-order valence-electron chi connectivity index (χ2n) is 5.58. The highest BCUT2D eigenvalue weighted by molar-refractivity contribution is 5.89. The molecule has 1 aromatic heterocycles. The Balaban J connectivity index is 1.60. The van der Waals surface area contributed by atoms with Crippen molar-refractivity contribution in [3.8, 4) is 5.75 Å². The van der Waals surface area contributed by atoms with Crippen LogP contribution in [-0.2, 0) is 0 Å². The number of ether oxygens (including phenoxy) is 1. The van der Waals surface area contributed by atoms with Crippen LogP contribution >= 0.6 is 0 Å². The number of hydrogen-bond acceptors (Lipinski definition) is 4. The van der Waals surface area contributed by atoms with E-state index in [1.54, 1.807) is 17.3 Å². The van der Waals surface area contributed by atoms with Gasteiger partial charge in [-0.25, -0.2) is 13.6 Å². The van der Waals surface area contributed by atoms with Gasteiger partial charge in [0.1, 0.15) is 0 Å². The van der Waals surface area contributed by atoms with Crippen LogP contribution in [0.25, 0.3) is 0 Å². The fourth-order valence-electron chi connectivity index (χ4n) is 2.75. The minimum Gasteiger partial charge on any atom is -0.491 e. The van der Waals surface area contributed by atoms with E-state index in [0.717, 1.165) is 17.8 Å². The number of rotatable bonds is 3. The second-order valence-corrected chi connectivity index (χ2v) is 5.58. The van der Waals surface area contributed by atoms with Crippen LogP contribution in [0.15, 0.2) is 36.7 Å². The number of carbonyl (C=O) groups excluding carboxylic acids is 1. The van der Waals surface area contributed by atoms with Gasteiger partial charge in [0.2, 0.25) is 0 Å². The predicted molar refractivity (Wildman–Crippen MR) is 90.0 cm³/mol. The highest BCUT2D eigenvalue weighted by atomic mass is 19.1. The summed E-state index contributed by atoms with van der Waals surface area (Å²) in [6.07, 6.45) is 3.45. The number of carbonyl (C=O) groups is 1. The van der Waals surface area contributed by atoms with Gasteiger partial charge in [0.25, 0.3) is 0 Å². The standard InChI is InChI=1S/C17H18F2N4O2/c1-25-16-14(18)10-12(11-15(16)19)21-17(24)23-8-6-22(7-9-23)13-2-4-20-5-3-13/h2-5,10-11H,6-9H2,1H3,(H,21,24). The third kappa shape index (κ3) is 3.78. The van der Waals surface area contributed by atoms with E-state index in [-0.39, 0.29) is 5.69 Å². The molecule has 0 atom stereocenters. The van der Waals surface area contributed by atoms with E-state index < -0.39 is 23.4 Å². The van der Waals surface area contributed by atoms with Gasteiger partial charge in [0.05, 0.1) is 7.11 Å². The van der Waals surface area contributed by atoms with E-state index >= 15 is 0 Å². The van der Waals surface area contributed by atoms with Crippen LogP contribution in [0.4, 0.5) is 25.0 Å². The number of urea groups is 1. The Hall–Kier alpha value is -2.90. The summed E-state index contributed by atoms with van der Waals surface area (Å²) >= 11 is 0. The molecular weight excluding hydrogens is 330 g/mol. The highest BCUT2D eigenvalue weighted by Crippen LogP contribution is 2.25. The van der Waals surface area contributed by atoms with E-state index in [0.29, 0.717) is 26.2 Å². The number of aromatic nitrogens is 1. The molecule has 3 rings (SSSR count). The summed E-state index contributed by atoms with van der Waals surface area (Å²) in [5.41, 5.74) is 1.10. The van der Waals surface area contributed by atoms with Crippen LogP contribution in [0.2, 0.25) is 0 Å². The molecule has 1 N–H and O–H groups in total. The summed E-state index contributed by atoms with van der Waals surface area (Å²) in [7, 11) is 1.18. The zero-order valence-electron chi connectivity index (χ0n) is 13.7. The van der Waals surface area contributed by atoms with Crippen molar-refractivity contribution in [1.29, 1.82) is 0 Å². The summed E-state index contributed by atoms with van der Waals surface area (Å²) in [5.74, 6) is -2.19. The van der Waals surface area contributed by atoms with E-state index in [9.17, 15) is 13.6 Å². The first-order valence-corrected chi connectivity index (χ1v) is 7.82. The van der Waals surface area contributed by atoms with Gasteiger partial charge in [0, 0.05) is 62.1 Å². The maximum atomic E-state index is 13.7. The van der Waals surface area contributed by atoms with E-state index in [2.05, 4.69) is 19.9 Å². The molecule has 1 saturated heterocycles. The number of halogens is 2. The van der Waals surface area contributed by atoms with Gasteiger partial charge in [-0.05, 0) is 12.1 Å². The number of amides is 2. The maximum absolute atomic E-state index is 13.7. The molecule has 2 amide bonds. The molecule has 0 saturated carbocycles. The molecule has 1 aromatic carbocycles. The molecule has 1 aliphatic heterocycles. The topological polar surface area (TPSA) is 57.7 Å². The molecule has 0 aliphatic carbocycles. The third-order valence-electron chi connectivity index (χ3n) is 4.05. The molecule has 1 aliphatic rings. The van der Waals surface area contributed by atoms with Gasteiger partial charge in [0.15, 0.2) is 17.4 Å². The van der Waals surface area contributed by atoms with Gasteiger partial charge < -0.3 is 19.9 Å². The Morgan fingerprint density at radius 3 is 2.28 bits per heavy atom. The Labute approximate surface area is 144 Å². The summed E-state index contributed by atoms with van der Waals surface area (Å²) in [4.78, 5) is 20.0. The van der Waals surface area contributed by atoms with Crippen LogP contribution in [-0.4, -0.2) is 49.2 Å². The molecular formula is C17H18F2N4O2. The monoisotopic (exact) mass is 348 g/mol. The Morgan fingerprint density at radius 2 is 1.72 bits per heavy atom. The van der Waals surface area contributed by atoms with Crippen molar-refractivity contribution in [1.82, 2.24) is 9.88 Å². The van der Waals surface area contributed by atoms with E-state index in [1.165, 1.54) is 7.11 Å². The SMILES string of the molecule is COc1c(F)cc(NC(=O)N2CCN(c3ccncc3)CC2)cc1F. The van der Waals surface area contributed by atoms with Gasteiger partial charge in [-0.1, -0.05) is 0 Å². The number of benzene rings is 1. The second kappa shape index (κ2) is 7.33. The van der Waals surface area contributed by atoms with Gasteiger partial charge in [-0.2, -0.15) is 0 Å². The summed E-state index contributed by atoms with van der Waals surface area (Å²) in [5, 5.41) is 2.52. The van der Waals surface area contributed by atoms with Crippen molar-refractivity contribution in [2.75, 3.05) is 43.5 Å². The van der Waals surface area contributed by atoms with Crippen LogP contribution in [0.5, 0.6) is 5.75 Å². The average molecular weight is 348 g/mol. The number of anilines is 2. The lowest BCUT2D eigenvalue weighted by atomic mass is 10.2. The average Bonchev–Trinajstić information content (AvgIpc) is 2.62. The lowest BCUT2D eigenvalue weighted by Crippen LogP contribution is -2.50. The van der Waals surface area contributed by atoms with E-state index in [1.807, 2.05) is 12.1 Å². The number of nitrogens with zero attached hydrogens (tertiary/aromatic N) is 3. The molecule has 132 valence electrons. The van der Waals surface area contributed by atoms with Crippen LogP contribution in [0.3, 0.4) is 0 Å². The Morgan fingerprint density at radius 1 is 1.12 bits per heavy atom. The molecule has 0 unspecified atom stereocenters.